The SMILES string of the molecule is C=CCC(O)c1ccc(-c2ccccc2C(F)(F)F)cc1. The predicted molar refractivity (Wildman–Crippen MR) is 76.7 cm³/mol. The number of alkyl halides is 3. The second-order valence-corrected chi connectivity index (χ2v) is 4.71. The first-order valence-corrected chi connectivity index (χ1v) is 6.49. The molecule has 1 atom stereocenters. The van der Waals surface area contributed by atoms with Crippen LogP contribution in [0.5, 0.6) is 0 Å². The highest BCUT2D eigenvalue weighted by molar-refractivity contribution is 5.68. The smallest absolute Gasteiger partial charge is 0.388 e. The Morgan fingerprint density at radius 1 is 1.05 bits per heavy atom. The monoisotopic (exact) mass is 292 g/mol. The summed E-state index contributed by atoms with van der Waals surface area (Å²) in [5.74, 6) is 0. The Morgan fingerprint density at radius 3 is 2.24 bits per heavy atom. The van der Waals surface area contributed by atoms with Crippen molar-refractivity contribution >= 4 is 0 Å². The van der Waals surface area contributed by atoms with Gasteiger partial charge in [-0.25, -0.2) is 0 Å². The summed E-state index contributed by atoms with van der Waals surface area (Å²) in [5, 5.41) is 9.81. The fourth-order valence-corrected chi connectivity index (χ4v) is 2.16. The van der Waals surface area contributed by atoms with Crippen LogP contribution < -0.4 is 0 Å². The highest BCUT2D eigenvalue weighted by Crippen LogP contribution is 2.37. The van der Waals surface area contributed by atoms with Crippen LogP contribution in [0, 0.1) is 0 Å². The summed E-state index contributed by atoms with van der Waals surface area (Å²) in [6.45, 7) is 3.54. The first-order valence-electron chi connectivity index (χ1n) is 6.49. The minimum Gasteiger partial charge on any atom is -0.388 e. The normalized spacial score (nSPS) is 13.0. The fourth-order valence-electron chi connectivity index (χ4n) is 2.16. The number of hydrogen-bond acceptors (Lipinski definition) is 1. The number of rotatable bonds is 4. The first-order chi connectivity index (χ1) is 9.93. The van der Waals surface area contributed by atoms with E-state index in [2.05, 4.69) is 6.58 Å². The van der Waals surface area contributed by atoms with E-state index >= 15 is 0 Å². The van der Waals surface area contributed by atoms with Gasteiger partial charge in [0.25, 0.3) is 0 Å². The van der Waals surface area contributed by atoms with Gasteiger partial charge in [-0.15, -0.1) is 6.58 Å². The van der Waals surface area contributed by atoms with Crippen molar-refractivity contribution in [2.24, 2.45) is 0 Å². The Bertz CT molecular complexity index is 615. The molecular formula is C17H15F3O. The van der Waals surface area contributed by atoms with E-state index in [1.165, 1.54) is 12.1 Å². The van der Waals surface area contributed by atoms with E-state index in [9.17, 15) is 18.3 Å². The van der Waals surface area contributed by atoms with E-state index in [4.69, 9.17) is 0 Å². The molecule has 2 aromatic carbocycles. The lowest BCUT2D eigenvalue weighted by atomic mass is 9.97. The largest absolute Gasteiger partial charge is 0.417 e. The molecular weight excluding hydrogens is 277 g/mol. The zero-order valence-electron chi connectivity index (χ0n) is 11.3. The number of aliphatic hydroxyl groups is 1. The Hall–Kier alpha value is -2.07. The summed E-state index contributed by atoms with van der Waals surface area (Å²) in [6, 6.07) is 11.9. The molecule has 0 saturated heterocycles. The summed E-state index contributed by atoms with van der Waals surface area (Å²) in [5.41, 5.74) is 0.597. The molecule has 2 aromatic rings. The van der Waals surface area contributed by atoms with Crippen LogP contribution >= 0.6 is 0 Å². The van der Waals surface area contributed by atoms with Crippen molar-refractivity contribution in [3.8, 4) is 11.1 Å². The average Bonchev–Trinajstić information content (AvgIpc) is 2.47. The Kier molecular flexibility index (Phi) is 4.48. The molecule has 1 nitrogen and oxygen atoms in total. The number of halogens is 3. The molecule has 21 heavy (non-hydrogen) atoms. The van der Waals surface area contributed by atoms with Crippen LogP contribution in [0.3, 0.4) is 0 Å². The molecule has 0 radical (unpaired) electrons. The van der Waals surface area contributed by atoms with Crippen LogP contribution in [-0.2, 0) is 6.18 Å². The van der Waals surface area contributed by atoms with E-state index in [0.29, 0.717) is 17.5 Å². The topological polar surface area (TPSA) is 20.2 Å². The van der Waals surface area contributed by atoms with E-state index in [0.717, 1.165) is 6.07 Å². The van der Waals surface area contributed by atoms with Crippen molar-refractivity contribution in [2.45, 2.75) is 18.7 Å². The minimum absolute atomic E-state index is 0.134. The molecule has 110 valence electrons. The van der Waals surface area contributed by atoms with Gasteiger partial charge in [-0.1, -0.05) is 48.5 Å². The van der Waals surface area contributed by atoms with Crippen LogP contribution in [0.25, 0.3) is 11.1 Å². The van der Waals surface area contributed by atoms with Crippen LogP contribution in [0.2, 0.25) is 0 Å². The maximum absolute atomic E-state index is 13.0. The van der Waals surface area contributed by atoms with Crippen molar-refractivity contribution in [1.29, 1.82) is 0 Å². The molecule has 0 spiro atoms. The quantitative estimate of drug-likeness (QED) is 0.788. The maximum Gasteiger partial charge on any atom is 0.417 e. The number of aliphatic hydroxyl groups excluding tert-OH is 1. The molecule has 0 aliphatic heterocycles. The molecule has 0 aliphatic carbocycles. The summed E-state index contributed by atoms with van der Waals surface area (Å²) in [4.78, 5) is 0. The maximum atomic E-state index is 13.0. The summed E-state index contributed by atoms with van der Waals surface area (Å²) >= 11 is 0. The van der Waals surface area contributed by atoms with E-state index < -0.39 is 17.8 Å². The summed E-state index contributed by atoms with van der Waals surface area (Å²) in [6.07, 6.45) is -3.08. The molecule has 1 unspecified atom stereocenters. The predicted octanol–water partition coefficient (Wildman–Crippen LogP) is 4.98. The van der Waals surface area contributed by atoms with Crippen molar-refractivity contribution < 1.29 is 18.3 Å². The van der Waals surface area contributed by atoms with Crippen molar-refractivity contribution in [3.05, 3.63) is 72.3 Å². The third kappa shape index (κ3) is 3.52. The summed E-state index contributed by atoms with van der Waals surface area (Å²) < 4.78 is 39.0. The zero-order valence-corrected chi connectivity index (χ0v) is 11.3. The Balaban J connectivity index is 2.38. The first kappa shape index (κ1) is 15.3. The van der Waals surface area contributed by atoms with Gasteiger partial charge in [0.1, 0.15) is 0 Å². The zero-order chi connectivity index (χ0) is 15.5. The minimum atomic E-state index is -4.39. The highest BCUT2D eigenvalue weighted by atomic mass is 19.4. The molecule has 0 saturated carbocycles. The van der Waals surface area contributed by atoms with Gasteiger partial charge in [0, 0.05) is 0 Å². The van der Waals surface area contributed by atoms with Crippen molar-refractivity contribution in [1.82, 2.24) is 0 Å². The lowest BCUT2D eigenvalue weighted by Crippen LogP contribution is -2.06. The third-order valence-corrected chi connectivity index (χ3v) is 3.23. The van der Waals surface area contributed by atoms with E-state index in [-0.39, 0.29) is 5.56 Å². The second-order valence-electron chi connectivity index (χ2n) is 4.71. The Morgan fingerprint density at radius 2 is 1.67 bits per heavy atom. The van der Waals surface area contributed by atoms with Gasteiger partial charge in [0.05, 0.1) is 11.7 Å². The van der Waals surface area contributed by atoms with Crippen LogP contribution in [0.1, 0.15) is 23.7 Å². The molecule has 0 fully saturated rings. The van der Waals surface area contributed by atoms with Gasteiger partial charge < -0.3 is 5.11 Å². The van der Waals surface area contributed by atoms with Crippen molar-refractivity contribution in [2.75, 3.05) is 0 Å². The van der Waals surface area contributed by atoms with Gasteiger partial charge >= 0.3 is 6.18 Å². The lowest BCUT2D eigenvalue weighted by molar-refractivity contribution is -0.137. The number of benzene rings is 2. The molecule has 0 amide bonds. The number of hydrogen-bond donors (Lipinski definition) is 1. The molecule has 1 N–H and O–H groups in total. The van der Waals surface area contributed by atoms with Gasteiger partial charge in [-0.05, 0) is 29.2 Å². The molecule has 0 heterocycles. The second kappa shape index (κ2) is 6.14. The Labute approximate surface area is 121 Å². The highest BCUT2D eigenvalue weighted by Gasteiger charge is 2.33. The average molecular weight is 292 g/mol. The lowest BCUT2D eigenvalue weighted by Gasteiger charge is -2.14. The molecule has 4 heteroatoms. The standard InChI is InChI=1S/C17H15F3O/c1-2-5-16(21)13-10-8-12(9-11-13)14-6-3-4-7-15(14)17(18,19)20/h2-4,6-11,16,21H,1,5H2. The van der Waals surface area contributed by atoms with Crippen molar-refractivity contribution in [3.63, 3.8) is 0 Å². The van der Waals surface area contributed by atoms with Gasteiger partial charge in [-0.2, -0.15) is 13.2 Å². The van der Waals surface area contributed by atoms with Crippen LogP contribution in [-0.4, -0.2) is 5.11 Å². The third-order valence-electron chi connectivity index (χ3n) is 3.23. The molecule has 2 rings (SSSR count). The summed E-state index contributed by atoms with van der Waals surface area (Å²) in [7, 11) is 0. The van der Waals surface area contributed by atoms with Gasteiger partial charge in [-0.3, -0.25) is 0 Å². The molecule has 0 aliphatic rings. The molecule has 0 aromatic heterocycles. The fraction of sp³-hybridized carbons (Fsp3) is 0.176. The van der Waals surface area contributed by atoms with E-state index in [1.54, 1.807) is 36.4 Å². The van der Waals surface area contributed by atoms with Gasteiger partial charge in [0.15, 0.2) is 0 Å². The van der Waals surface area contributed by atoms with Gasteiger partial charge in [0.2, 0.25) is 0 Å². The van der Waals surface area contributed by atoms with Crippen LogP contribution in [0.15, 0.2) is 61.2 Å². The van der Waals surface area contributed by atoms with Crippen LogP contribution in [0.4, 0.5) is 13.2 Å². The van der Waals surface area contributed by atoms with E-state index in [1.807, 2.05) is 0 Å². The molecule has 0 bridgehead atoms.